The summed E-state index contributed by atoms with van der Waals surface area (Å²) in [7, 11) is 1.30. The predicted molar refractivity (Wildman–Crippen MR) is 118 cm³/mol. The smallest absolute Gasteiger partial charge is 0.337 e. The molecule has 0 saturated heterocycles. The van der Waals surface area contributed by atoms with Crippen LogP contribution in [0.25, 0.3) is 0 Å². The number of nitrogens with one attached hydrogen (secondary N) is 2. The van der Waals surface area contributed by atoms with Crippen molar-refractivity contribution in [3.05, 3.63) is 89.5 Å². The molecule has 3 aromatic carbocycles. The Morgan fingerprint density at radius 2 is 1.10 bits per heavy atom. The maximum Gasteiger partial charge on any atom is 0.337 e. The molecule has 7 heteroatoms. The molecule has 0 aliphatic carbocycles. The summed E-state index contributed by atoms with van der Waals surface area (Å²) in [6.45, 7) is 2.48. The van der Waals surface area contributed by atoms with Gasteiger partial charge in [0.05, 0.1) is 19.3 Å². The molecular formula is C24H22N2O5. The number of hydrogen-bond donors (Lipinski definition) is 2. The fourth-order valence-electron chi connectivity index (χ4n) is 2.79. The number of amides is 2. The molecule has 0 atom stereocenters. The Bertz CT molecular complexity index is 1060. The topological polar surface area (TPSA) is 93.7 Å². The molecule has 0 radical (unpaired) electrons. The van der Waals surface area contributed by atoms with Crippen LogP contribution in [0.15, 0.2) is 72.8 Å². The van der Waals surface area contributed by atoms with Crippen LogP contribution < -0.4 is 15.4 Å². The summed E-state index contributed by atoms with van der Waals surface area (Å²) >= 11 is 0. The molecule has 0 aromatic heterocycles. The maximum absolute atomic E-state index is 12.4. The van der Waals surface area contributed by atoms with Crippen LogP contribution in [0.5, 0.6) is 5.75 Å². The number of rotatable bonds is 7. The van der Waals surface area contributed by atoms with Crippen LogP contribution in [0, 0.1) is 0 Å². The molecule has 0 saturated carbocycles. The van der Waals surface area contributed by atoms with Crippen molar-refractivity contribution in [3.63, 3.8) is 0 Å². The van der Waals surface area contributed by atoms with Crippen LogP contribution >= 0.6 is 0 Å². The van der Waals surface area contributed by atoms with Gasteiger partial charge in [0.1, 0.15) is 5.75 Å². The number of methoxy groups -OCH3 is 1. The molecule has 0 fully saturated rings. The van der Waals surface area contributed by atoms with Crippen LogP contribution in [0.4, 0.5) is 11.4 Å². The van der Waals surface area contributed by atoms with Crippen molar-refractivity contribution in [3.8, 4) is 5.75 Å². The summed E-state index contributed by atoms with van der Waals surface area (Å²) in [5.74, 6) is -0.324. The zero-order chi connectivity index (χ0) is 22.2. The van der Waals surface area contributed by atoms with E-state index in [0.717, 1.165) is 5.75 Å². The lowest BCUT2D eigenvalue weighted by atomic mass is 10.1. The van der Waals surface area contributed by atoms with Gasteiger partial charge in [0.2, 0.25) is 0 Å². The lowest BCUT2D eigenvalue weighted by Crippen LogP contribution is -2.14. The molecule has 3 rings (SSSR count). The number of carbonyl (C=O) groups excluding carboxylic acids is 3. The van der Waals surface area contributed by atoms with E-state index in [1.54, 1.807) is 60.7 Å². The molecule has 0 aliphatic heterocycles. The van der Waals surface area contributed by atoms with E-state index in [9.17, 15) is 14.4 Å². The fourth-order valence-corrected chi connectivity index (χ4v) is 2.79. The Morgan fingerprint density at radius 1 is 0.677 bits per heavy atom. The monoisotopic (exact) mass is 418 g/mol. The summed E-state index contributed by atoms with van der Waals surface area (Å²) in [4.78, 5) is 36.3. The van der Waals surface area contributed by atoms with Crippen LogP contribution in [-0.2, 0) is 4.74 Å². The summed E-state index contributed by atoms with van der Waals surface area (Å²) in [5, 5.41) is 5.57. The predicted octanol–water partition coefficient (Wildman–Crippen LogP) is 4.38. The van der Waals surface area contributed by atoms with Crippen LogP contribution in [0.2, 0.25) is 0 Å². The molecule has 0 bridgehead atoms. The molecular weight excluding hydrogens is 396 g/mol. The zero-order valence-corrected chi connectivity index (χ0v) is 17.2. The lowest BCUT2D eigenvalue weighted by Gasteiger charge is -2.09. The van der Waals surface area contributed by atoms with Gasteiger partial charge >= 0.3 is 5.97 Å². The van der Waals surface area contributed by atoms with Gasteiger partial charge in [-0.05, 0) is 79.7 Å². The molecule has 0 heterocycles. The van der Waals surface area contributed by atoms with Crippen LogP contribution in [0.1, 0.15) is 38.0 Å². The van der Waals surface area contributed by atoms with Gasteiger partial charge in [0, 0.05) is 22.5 Å². The highest BCUT2D eigenvalue weighted by Gasteiger charge is 2.11. The van der Waals surface area contributed by atoms with E-state index in [1.807, 2.05) is 6.92 Å². The quantitative estimate of drug-likeness (QED) is 0.556. The van der Waals surface area contributed by atoms with Gasteiger partial charge in [-0.15, -0.1) is 0 Å². The summed E-state index contributed by atoms with van der Waals surface area (Å²) in [6.07, 6.45) is 0. The SMILES string of the molecule is CCOc1ccc(NC(=O)c2ccc(NC(=O)c3ccc(C(=O)OC)cc3)cc2)cc1. The first kappa shape index (κ1) is 21.6. The van der Waals surface area contributed by atoms with E-state index in [0.29, 0.717) is 34.7 Å². The Hall–Kier alpha value is -4.13. The van der Waals surface area contributed by atoms with Gasteiger partial charge in [-0.2, -0.15) is 0 Å². The second-order valence-corrected chi connectivity index (χ2v) is 6.51. The van der Waals surface area contributed by atoms with E-state index in [-0.39, 0.29) is 11.8 Å². The normalized spacial score (nSPS) is 10.1. The van der Waals surface area contributed by atoms with E-state index >= 15 is 0 Å². The molecule has 158 valence electrons. The van der Waals surface area contributed by atoms with Crippen molar-refractivity contribution in [2.75, 3.05) is 24.4 Å². The van der Waals surface area contributed by atoms with Gasteiger partial charge in [-0.3, -0.25) is 9.59 Å². The first-order valence-corrected chi connectivity index (χ1v) is 9.64. The standard InChI is InChI=1S/C24H22N2O5/c1-3-31-21-14-12-20(13-15-21)26-23(28)17-8-10-19(11-9-17)25-22(27)16-4-6-18(7-5-16)24(29)30-2/h4-15H,3H2,1-2H3,(H,25,27)(H,26,28). The van der Waals surface area contributed by atoms with E-state index in [1.165, 1.54) is 19.2 Å². The van der Waals surface area contributed by atoms with Crippen molar-refractivity contribution in [1.82, 2.24) is 0 Å². The minimum atomic E-state index is -0.467. The lowest BCUT2D eigenvalue weighted by molar-refractivity contribution is 0.0600. The third-order valence-corrected chi connectivity index (χ3v) is 4.40. The third kappa shape index (κ3) is 5.70. The number of ether oxygens (including phenoxy) is 2. The molecule has 7 nitrogen and oxygen atoms in total. The van der Waals surface area contributed by atoms with Gasteiger partial charge in [-0.1, -0.05) is 0 Å². The summed E-state index contributed by atoms with van der Waals surface area (Å²) in [6, 6.07) is 19.8. The second-order valence-electron chi connectivity index (χ2n) is 6.51. The molecule has 31 heavy (non-hydrogen) atoms. The Balaban J connectivity index is 1.59. The molecule has 0 aliphatic rings. The molecule has 0 unspecified atom stereocenters. The first-order chi connectivity index (χ1) is 15.0. The van der Waals surface area contributed by atoms with Gasteiger partial charge in [-0.25, -0.2) is 4.79 Å². The molecule has 0 spiro atoms. The average molecular weight is 418 g/mol. The fraction of sp³-hybridized carbons (Fsp3) is 0.125. The Morgan fingerprint density at radius 3 is 1.55 bits per heavy atom. The summed E-state index contributed by atoms with van der Waals surface area (Å²) in [5.41, 5.74) is 2.40. The summed E-state index contributed by atoms with van der Waals surface area (Å²) < 4.78 is 10.0. The highest BCUT2D eigenvalue weighted by Crippen LogP contribution is 2.17. The van der Waals surface area contributed by atoms with Gasteiger partial charge in [0.25, 0.3) is 11.8 Å². The van der Waals surface area contributed by atoms with E-state index in [4.69, 9.17) is 4.74 Å². The molecule has 3 aromatic rings. The van der Waals surface area contributed by atoms with E-state index in [2.05, 4.69) is 15.4 Å². The second kappa shape index (κ2) is 10.1. The van der Waals surface area contributed by atoms with Crippen LogP contribution in [-0.4, -0.2) is 31.5 Å². The van der Waals surface area contributed by atoms with Gasteiger partial charge in [0.15, 0.2) is 0 Å². The van der Waals surface area contributed by atoms with Crippen LogP contribution in [0.3, 0.4) is 0 Å². The first-order valence-electron chi connectivity index (χ1n) is 9.64. The van der Waals surface area contributed by atoms with Crippen molar-refractivity contribution in [2.24, 2.45) is 0 Å². The number of esters is 1. The van der Waals surface area contributed by atoms with Crippen molar-refractivity contribution in [1.29, 1.82) is 0 Å². The number of hydrogen-bond acceptors (Lipinski definition) is 5. The Labute approximate surface area is 180 Å². The average Bonchev–Trinajstić information content (AvgIpc) is 2.80. The minimum Gasteiger partial charge on any atom is -0.494 e. The van der Waals surface area contributed by atoms with Gasteiger partial charge < -0.3 is 20.1 Å². The van der Waals surface area contributed by atoms with Crippen molar-refractivity contribution < 1.29 is 23.9 Å². The number of benzene rings is 3. The molecule has 2 N–H and O–H groups in total. The molecule has 2 amide bonds. The highest BCUT2D eigenvalue weighted by molar-refractivity contribution is 6.06. The third-order valence-electron chi connectivity index (χ3n) is 4.40. The largest absolute Gasteiger partial charge is 0.494 e. The van der Waals surface area contributed by atoms with Crippen molar-refractivity contribution in [2.45, 2.75) is 6.92 Å². The van der Waals surface area contributed by atoms with E-state index < -0.39 is 5.97 Å². The highest BCUT2D eigenvalue weighted by atomic mass is 16.5. The number of carbonyl (C=O) groups is 3. The number of anilines is 2. The van der Waals surface area contributed by atoms with Crippen molar-refractivity contribution >= 4 is 29.2 Å². The minimum absolute atomic E-state index is 0.263. The Kier molecular flexibility index (Phi) is 7.01. The maximum atomic E-state index is 12.4. The zero-order valence-electron chi connectivity index (χ0n) is 17.2.